The lowest BCUT2D eigenvalue weighted by molar-refractivity contribution is -0.131. The smallest absolute Gasteiger partial charge is 0.347 e. The number of likely N-dealkylation sites (tertiary alicyclic amines) is 1. The van der Waals surface area contributed by atoms with Crippen LogP contribution >= 0.6 is 34.5 Å². The van der Waals surface area contributed by atoms with Crippen molar-refractivity contribution in [3.05, 3.63) is 32.0 Å². The number of nitrogens with two attached hydrogens (primary N) is 1. The third-order valence-corrected chi connectivity index (χ3v) is 9.23. The molecule has 0 radical (unpaired) electrons. The SMILES string of the molecule is Cc1[nH]c(C(=O)NC2C3CN(c4nc(CC(=O)N5CCC(N)CC5)c(C(=O)O)s4)CC32)c(Cl)c1Cl. The molecule has 0 spiro atoms. The largest absolute Gasteiger partial charge is 0.477 e. The Morgan fingerprint density at radius 1 is 1.20 bits per heavy atom. The number of aromatic carboxylic acids is 1. The number of carboxylic acids is 1. The van der Waals surface area contributed by atoms with Gasteiger partial charge < -0.3 is 30.9 Å². The second kappa shape index (κ2) is 9.27. The van der Waals surface area contributed by atoms with E-state index in [9.17, 15) is 19.5 Å². The molecule has 188 valence electrons. The first-order chi connectivity index (χ1) is 16.6. The molecule has 2 atom stereocenters. The second-order valence-corrected chi connectivity index (χ2v) is 11.2. The average Bonchev–Trinajstić information content (AvgIpc) is 3.19. The van der Waals surface area contributed by atoms with Crippen molar-refractivity contribution in [3.63, 3.8) is 0 Å². The molecule has 5 rings (SSSR count). The van der Waals surface area contributed by atoms with Gasteiger partial charge in [0, 0.05) is 55.8 Å². The quantitative estimate of drug-likeness (QED) is 0.439. The molecule has 5 N–H and O–H groups in total. The Hall–Kier alpha value is -2.34. The number of carboxylic acid groups (broad SMARTS) is 1. The first-order valence-corrected chi connectivity index (χ1v) is 13.1. The van der Waals surface area contributed by atoms with Gasteiger partial charge in [0.1, 0.15) is 10.6 Å². The fraction of sp³-hybridized carbons (Fsp3) is 0.545. The normalized spacial score (nSPS) is 23.9. The molecule has 10 nitrogen and oxygen atoms in total. The van der Waals surface area contributed by atoms with Crippen LogP contribution < -0.4 is 16.0 Å². The number of aromatic nitrogens is 2. The van der Waals surface area contributed by atoms with Crippen molar-refractivity contribution >= 4 is 57.5 Å². The van der Waals surface area contributed by atoms with Crippen LogP contribution in [0.5, 0.6) is 0 Å². The number of fused-ring (bicyclic) bond motifs is 1. The van der Waals surface area contributed by atoms with Crippen LogP contribution in [-0.4, -0.2) is 76.0 Å². The minimum atomic E-state index is -1.08. The van der Waals surface area contributed by atoms with E-state index in [-0.39, 0.29) is 57.7 Å². The topological polar surface area (TPSA) is 145 Å². The highest BCUT2D eigenvalue weighted by atomic mass is 35.5. The lowest BCUT2D eigenvalue weighted by Crippen LogP contribution is -2.43. The van der Waals surface area contributed by atoms with E-state index in [1.807, 2.05) is 4.90 Å². The van der Waals surface area contributed by atoms with Crippen molar-refractivity contribution < 1.29 is 19.5 Å². The molecule has 3 aliphatic rings. The summed E-state index contributed by atoms with van der Waals surface area (Å²) in [5.41, 5.74) is 7.11. The van der Waals surface area contributed by atoms with Crippen LogP contribution in [0.4, 0.5) is 5.13 Å². The number of thiazole rings is 1. The van der Waals surface area contributed by atoms with Crippen LogP contribution in [0.2, 0.25) is 10.0 Å². The number of halogens is 2. The van der Waals surface area contributed by atoms with E-state index in [0.717, 1.165) is 24.2 Å². The fourth-order valence-corrected chi connectivity index (χ4v) is 6.37. The Balaban J connectivity index is 1.21. The van der Waals surface area contributed by atoms with Crippen molar-refractivity contribution in [1.82, 2.24) is 20.2 Å². The maximum atomic E-state index is 12.7. The summed E-state index contributed by atoms with van der Waals surface area (Å²) >= 11 is 13.3. The van der Waals surface area contributed by atoms with Gasteiger partial charge in [0.05, 0.1) is 22.2 Å². The molecule has 2 saturated heterocycles. The number of amides is 2. The second-order valence-electron chi connectivity index (χ2n) is 9.46. The van der Waals surface area contributed by atoms with Gasteiger partial charge in [0.2, 0.25) is 5.91 Å². The predicted molar refractivity (Wildman–Crippen MR) is 133 cm³/mol. The van der Waals surface area contributed by atoms with Gasteiger partial charge in [0.15, 0.2) is 5.13 Å². The minimum Gasteiger partial charge on any atom is -0.477 e. The van der Waals surface area contributed by atoms with Crippen LogP contribution in [0.1, 0.15) is 44.4 Å². The molecule has 13 heteroatoms. The van der Waals surface area contributed by atoms with Gasteiger partial charge in [0.25, 0.3) is 5.91 Å². The van der Waals surface area contributed by atoms with E-state index in [0.29, 0.717) is 47.7 Å². The summed E-state index contributed by atoms with van der Waals surface area (Å²) in [5, 5.41) is 13.8. The summed E-state index contributed by atoms with van der Waals surface area (Å²) in [5.74, 6) is -1.02. The van der Waals surface area contributed by atoms with Gasteiger partial charge in [-0.3, -0.25) is 9.59 Å². The molecule has 2 aromatic rings. The Morgan fingerprint density at radius 3 is 2.43 bits per heavy atom. The lowest BCUT2D eigenvalue weighted by Gasteiger charge is -2.30. The summed E-state index contributed by atoms with van der Waals surface area (Å²) in [6, 6.07) is 0.124. The number of hydrogen-bond acceptors (Lipinski definition) is 7. The zero-order valence-corrected chi connectivity index (χ0v) is 21.3. The van der Waals surface area contributed by atoms with Gasteiger partial charge in [-0.15, -0.1) is 0 Å². The van der Waals surface area contributed by atoms with Crippen molar-refractivity contribution in [1.29, 1.82) is 0 Å². The van der Waals surface area contributed by atoms with E-state index in [1.54, 1.807) is 11.8 Å². The molecule has 2 aromatic heterocycles. The summed E-state index contributed by atoms with van der Waals surface area (Å²) in [6.45, 7) is 4.22. The Labute approximate surface area is 215 Å². The molecule has 35 heavy (non-hydrogen) atoms. The van der Waals surface area contributed by atoms with Crippen molar-refractivity contribution in [2.24, 2.45) is 17.6 Å². The zero-order valence-electron chi connectivity index (χ0n) is 19.0. The molecule has 2 unspecified atom stereocenters. The summed E-state index contributed by atoms with van der Waals surface area (Å²) in [4.78, 5) is 48.5. The van der Waals surface area contributed by atoms with E-state index in [2.05, 4.69) is 15.3 Å². The van der Waals surface area contributed by atoms with E-state index in [4.69, 9.17) is 28.9 Å². The molecular weight excluding hydrogens is 515 g/mol. The maximum absolute atomic E-state index is 12.7. The maximum Gasteiger partial charge on any atom is 0.347 e. The number of aromatic amines is 1. The van der Waals surface area contributed by atoms with Crippen LogP contribution in [-0.2, 0) is 11.2 Å². The summed E-state index contributed by atoms with van der Waals surface area (Å²) in [6.07, 6.45) is 1.46. The highest BCUT2D eigenvalue weighted by Gasteiger charge is 2.57. The van der Waals surface area contributed by atoms with Crippen molar-refractivity contribution in [2.45, 2.75) is 38.3 Å². The summed E-state index contributed by atoms with van der Waals surface area (Å²) in [7, 11) is 0. The molecule has 4 heterocycles. The molecule has 0 bridgehead atoms. The standard InChI is InChI=1S/C22H26Cl2N6O4S/c1-9-15(23)16(24)18(26-9)20(32)28-17-11-7-30(8-12(11)17)22-27-13(19(35-22)21(33)34)6-14(31)29-4-2-10(25)3-5-29/h10-12,17,26H,2-8,25H2,1H3,(H,28,32)(H,33,34). The highest BCUT2D eigenvalue weighted by Crippen LogP contribution is 2.48. The van der Waals surface area contributed by atoms with Gasteiger partial charge >= 0.3 is 5.97 Å². The van der Waals surface area contributed by atoms with E-state index < -0.39 is 5.97 Å². The Morgan fingerprint density at radius 2 is 1.86 bits per heavy atom. The van der Waals surface area contributed by atoms with Gasteiger partial charge in [-0.2, -0.15) is 0 Å². The number of anilines is 1. The van der Waals surface area contributed by atoms with Crippen LogP contribution in [0, 0.1) is 18.8 Å². The first-order valence-electron chi connectivity index (χ1n) is 11.5. The first kappa shape index (κ1) is 24.4. The number of nitrogens with one attached hydrogen (secondary N) is 2. The number of nitrogens with zero attached hydrogens (tertiary/aromatic N) is 3. The number of aryl methyl sites for hydroxylation is 1. The van der Waals surface area contributed by atoms with Crippen molar-refractivity contribution in [3.8, 4) is 0 Å². The summed E-state index contributed by atoms with van der Waals surface area (Å²) < 4.78 is 0. The number of carbonyl (C=O) groups excluding carboxylic acids is 2. The molecule has 3 fully saturated rings. The number of piperidine rings is 2. The van der Waals surface area contributed by atoms with E-state index in [1.165, 1.54) is 0 Å². The van der Waals surface area contributed by atoms with Gasteiger partial charge in [-0.25, -0.2) is 9.78 Å². The van der Waals surface area contributed by atoms with Crippen LogP contribution in [0.3, 0.4) is 0 Å². The number of carbonyl (C=O) groups is 3. The Bertz CT molecular complexity index is 1180. The third-order valence-electron chi connectivity index (χ3n) is 7.13. The number of hydrogen-bond donors (Lipinski definition) is 4. The Kier molecular flexibility index (Phi) is 6.45. The van der Waals surface area contributed by atoms with Gasteiger partial charge in [-0.05, 0) is 19.8 Å². The van der Waals surface area contributed by atoms with Crippen molar-refractivity contribution in [2.75, 3.05) is 31.1 Å². The van der Waals surface area contributed by atoms with Gasteiger partial charge in [-0.1, -0.05) is 34.5 Å². The highest BCUT2D eigenvalue weighted by molar-refractivity contribution is 7.17. The predicted octanol–water partition coefficient (Wildman–Crippen LogP) is 2.14. The average molecular weight is 541 g/mol. The molecule has 2 aliphatic heterocycles. The monoisotopic (exact) mass is 540 g/mol. The zero-order chi connectivity index (χ0) is 25.0. The minimum absolute atomic E-state index is 0.0163. The van der Waals surface area contributed by atoms with Crippen LogP contribution in [0.25, 0.3) is 0 Å². The molecule has 0 aromatic carbocycles. The molecule has 1 saturated carbocycles. The number of H-pyrrole nitrogens is 1. The number of rotatable bonds is 6. The fourth-order valence-electron chi connectivity index (χ4n) is 5.01. The van der Waals surface area contributed by atoms with Crippen LogP contribution in [0.15, 0.2) is 0 Å². The lowest BCUT2D eigenvalue weighted by atomic mass is 10.1. The molecular formula is C22H26Cl2N6O4S. The third kappa shape index (κ3) is 4.62. The van der Waals surface area contributed by atoms with E-state index >= 15 is 0 Å². The molecule has 2 amide bonds. The molecule has 1 aliphatic carbocycles.